The third-order valence-electron chi connectivity index (χ3n) is 7.50. The fourth-order valence-corrected chi connectivity index (χ4v) is 6.82. The van der Waals surface area contributed by atoms with Crippen molar-refractivity contribution in [2.75, 3.05) is 13.2 Å². The number of aliphatic hydroxyl groups excluding tert-OH is 1. The second-order valence-corrected chi connectivity index (χ2v) is 13.5. The van der Waals surface area contributed by atoms with E-state index in [4.69, 9.17) is 33.3 Å². The SMILES string of the molecule is Cc1ccc(O[C@@H]2[C@@H](Oc3ccc(C)cc3)[C@H](O)O[C@H](COP(OCCC#N)N(C(C)C)C(C)C)[C@H]2Oc2ccc(C)cc2)cc1. The molecule has 3 aromatic rings. The van der Waals surface area contributed by atoms with E-state index in [1.54, 1.807) is 0 Å². The Kier molecular flexibility index (Phi) is 13.2. The Morgan fingerprint density at radius 1 is 0.717 bits per heavy atom. The number of rotatable bonds is 15. The molecule has 4 rings (SSSR count). The molecule has 0 aliphatic carbocycles. The molecule has 1 unspecified atom stereocenters. The number of nitriles is 1. The maximum Gasteiger partial charge on any atom is 0.259 e. The summed E-state index contributed by atoms with van der Waals surface area (Å²) >= 11 is 0. The fourth-order valence-electron chi connectivity index (χ4n) is 5.20. The summed E-state index contributed by atoms with van der Waals surface area (Å²) in [5.74, 6) is 1.79. The lowest BCUT2D eigenvalue weighted by Gasteiger charge is -2.44. The Balaban J connectivity index is 1.70. The summed E-state index contributed by atoms with van der Waals surface area (Å²) in [5, 5.41) is 20.6. The van der Waals surface area contributed by atoms with Crippen molar-refractivity contribution in [2.45, 2.75) is 97.7 Å². The normalized spacial score (nSPS) is 22.1. The molecular weight excluding hydrogens is 603 g/mol. The summed E-state index contributed by atoms with van der Waals surface area (Å²) in [6.07, 6.45) is -4.39. The van der Waals surface area contributed by atoms with Gasteiger partial charge in [0.25, 0.3) is 8.53 Å². The van der Waals surface area contributed by atoms with Crippen LogP contribution in [0.2, 0.25) is 0 Å². The predicted octanol–water partition coefficient (Wildman–Crippen LogP) is 7.26. The Morgan fingerprint density at radius 2 is 1.15 bits per heavy atom. The highest BCUT2D eigenvalue weighted by Gasteiger charge is 2.51. The molecular formula is C36H47N2O7P. The van der Waals surface area contributed by atoms with Gasteiger partial charge in [0.2, 0.25) is 0 Å². The zero-order chi connectivity index (χ0) is 33.2. The van der Waals surface area contributed by atoms with Gasteiger partial charge in [-0.3, -0.25) is 0 Å². The zero-order valence-corrected chi connectivity index (χ0v) is 28.7. The maximum absolute atomic E-state index is 11.5. The molecule has 248 valence electrons. The number of hydrogen-bond acceptors (Lipinski definition) is 9. The van der Waals surface area contributed by atoms with Crippen molar-refractivity contribution in [3.8, 4) is 23.3 Å². The summed E-state index contributed by atoms with van der Waals surface area (Å²) in [6.45, 7) is 14.6. The van der Waals surface area contributed by atoms with Crippen LogP contribution in [0.1, 0.15) is 50.8 Å². The van der Waals surface area contributed by atoms with Crippen LogP contribution in [-0.2, 0) is 13.8 Å². The highest BCUT2D eigenvalue weighted by atomic mass is 31.2. The molecule has 1 heterocycles. The first-order chi connectivity index (χ1) is 22.0. The van der Waals surface area contributed by atoms with E-state index in [0.29, 0.717) is 17.2 Å². The molecule has 3 aromatic carbocycles. The number of hydrogen-bond donors (Lipinski definition) is 1. The highest BCUT2D eigenvalue weighted by Crippen LogP contribution is 2.46. The number of aliphatic hydroxyl groups is 1. The van der Waals surface area contributed by atoms with Crippen molar-refractivity contribution >= 4 is 8.53 Å². The molecule has 0 saturated carbocycles. The van der Waals surface area contributed by atoms with Crippen LogP contribution >= 0.6 is 8.53 Å². The van der Waals surface area contributed by atoms with Gasteiger partial charge in [-0.15, -0.1) is 0 Å². The minimum absolute atomic E-state index is 0.0345. The molecule has 6 atom stereocenters. The van der Waals surface area contributed by atoms with Crippen molar-refractivity contribution < 1.29 is 33.1 Å². The van der Waals surface area contributed by atoms with Crippen molar-refractivity contribution in [1.82, 2.24) is 4.67 Å². The quantitative estimate of drug-likeness (QED) is 0.134. The Bertz CT molecular complexity index is 1370. The van der Waals surface area contributed by atoms with Gasteiger partial charge in [-0.2, -0.15) is 5.26 Å². The van der Waals surface area contributed by atoms with Gasteiger partial charge >= 0.3 is 0 Å². The third-order valence-corrected chi connectivity index (χ3v) is 9.57. The lowest BCUT2D eigenvalue weighted by Crippen LogP contribution is -2.64. The van der Waals surface area contributed by atoms with Crippen LogP contribution in [0.3, 0.4) is 0 Å². The van der Waals surface area contributed by atoms with E-state index < -0.39 is 39.2 Å². The molecule has 1 aliphatic rings. The molecule has 1 aliphatic heterocycles. The smallest absolute Gasteiger partial charge is 0.259 e. The van der Waals surface area contributed by atoms with E-state index >= 15 is 0 Å². The molecule has 46 heavy (non-hydrogen) atoms. The zero-order valence-electron chi connectivity index (χ0n) is 27.8. The molecule has 1 saturated heterocycles. The number of benzene rings is 3. The van der Waals surface area contributed by atoms with Gasteiger partial charge in [-0.1, -0.05) is 53.1 Å². The predicted molar refractivity (Wildman–Crippen MR) is 179 cm³/mol. The topological polar surface area (TPSA) is 103 Å². The van der Waals surface area contributed by atoms with Crippen molar-refractivity contribution in [3.05, 3.63) is 89.5 Å². The number of ether oxygens (including phenoxy) is 4. The van der Waals surface area contributed by atoms with Gasteiger partial charge in [0.05, 0.1) is 25.7 Å². The van der Waals surface area contributed by atoms with Crippen molar-refractivity contribution in [3.63, 3.8) is 0 Å². The molecule has 9 nitrogen and oxygen atoms in total. The average molecular weight is 651 g/mol. The van der Waals surface area contributed by atoms with E-state index in [-0.39, 0.29) is 31.7 Å². The molecule has 0 spiro atoms. The van der Waals surface area contributed by atoms with E-state index in [1.165, 1.54) is 0 Å². The van der Waals surface area contributed by atoms with Crippen LogP contribution < -0.4 is 14.2 Å². The first kappa shape index (κ1) is 35.6. The second kappa shape index (κ2) is 17.1. The lowest BCUT2D eigenvalue weighted by molar-refractivity contribution is -0.270. The van der Waals surface area contributed by atoms with Crippen LogP contribution in [0, 0.1) is 32.1 Å². The summed E-state index contributed by atoms with van der Waals surface area (Å²) in [5.41, 5.74) is 3.27. The van der Waals surface area contributed by atoms with E-state index in [9.17, 15) is 5.11 Å². The molecule has 10 heteroatoms. The number of aryl methyl sites for hydroxylation is 3. The van der Waals surface area contributed by atoms with Crippen molar-refractivity contribution in [1.29, 1.82) is 5.26 Å². The van der Waals surface area contributed by atoms with Gasteiger partial charge in [-0.05, 0) is 84.9 Å². The van der Waals surface area contributed by atoms with Crippen LogP contribution in [0.4, 0.5) is 0 Å². The fraction of sp³-hybridized carbons (Fsp3) is 0.472. The number of nitrogens with zero attached hydrogens (tertiary/aromatic N) is 2. The van der Waals surface area contributed by atoms with Gasteiger partial charge in [0.15, 0.2) is 24.6 Å². The van der Waals surface area contributed by atoms with E-state index in [2.05, 4.69) is 38.4 Å². The van der Waals surface area contributed by atoms with Crippen LogP contribution in [0.25, 0.3) is 0 Å². The average Bonchev–Trinajstić information content (AvgIpc) is 3.01. The van der Waals surface area contributed by atoms with Gasteiger partial charge in [-0.25, -0.2) is 4.67 Å². The van der Waals surface area contributed by atoms with Crippen LogP contribution in [0.5, 0.6) is 17.2 Å². The Hall–Kier alpha value is -3.22. The highest BCUT2D eigenvalue weighted by molar-refractivity contribution is 7.44. The summed E-state index contributed by atoms with van der Waals surface area (Å²) < 4.78 is 40.6. The third kappa shape index (κ3) is 9.89. The second-order valence-electron chi connectivity index (χ2n) is 12.1. The summed E-state index contributed by atoms with van der Waals surface area (Å²) in [6, 6.07) is 25.4. The molecule has 0 amide bonds. The standard InChI is InChI=1S/C36H47N2O7P/c1-24(2)38(25(3)4)46(40-22-8-21-37)41-23-32-33(42-29-15-9-26(5)10-16-29)34(43-30-17-11-27(6)12-18-30)35(36(39)45-32)44-31-19-13-28(7)14-20-31/h9-20,24-25,32-36,39H,8,22-23H2,1-7H3/t32-,33-,34+,35-,36-,46?/m1/s1. The molecule has 0 radical (unpaired) electrons. The molecule has 0 bridgehead atoms. The van der Waals surface area contributed by atoms with Crippen LogP contribution in [-0.4, -0.2) is 65.8 Å². The lowest BCUT2D eigenvalue weighted by atomic mass is 9.98. The van der Waals surface area contributed by atoms with Crippen LogP contribution in [0.15, 0.2) is 72.8 Å². The van der Waals surface area contributed by atoms with Gasteiger partial charge < -0.3 is 33.1 Å². The molecule has 0 aromatic heterocycles. The Morgan fingerprint density at radius 3 is 1.59 bits per heavy atom. The monoisotopic (exact) mass is 650 g/mol. The minimum atomic E-state index is -1.56. The first-order valence-corrected chi connectivity index (χ1v) is 16.9. The summed E-state index contributed by atoms with van der Waals surface area (Å²) in [7, 11) is -1.56. The van der Waals surface area contributed by atoms with E-state index in [1.807, 2.05) is 93.6 Å². The van der Waals surface area contributed by atoms with E-state index in [0.717, 1.165) is 16.7 Å². The minimum Gasteiger partial charge on any atom is -0.484 e. The first-order valence-electron chi connectivity index (χ1n) is 15.8. The Labute approximate surface area is 274 Å². The largest absolute Gasteiger partial charge is 0.484 e. The molecule has 1 N–H and O–H groups in total. The maximum atomic E-state index is 11.5. The van der Waals surface area contributed by atoms with Crippen molar-refractivity contribution in [2.24, 2.45) is 0 Å². The van der Waals surface area contributed by atoms with Gasteiger partial charge in [0.1, 0.15) is 23.4 Å². The van der Waals surface area contributed by atoms with Gasteiger partial charge in [0, 0.05) is 12.1 Å². The molecule has 1 fully saturated rings. The summed E-state index contributed by atoms with van der Waals surface area (Å²) in [4.78, 5) is 0.